The average molecular weight is 347 g/mol. The molecule has 130 valence electrons. The first-order valence-electron chi connectivity index (χ1n) is 8.35. The van der Waals surface area contributed by atoms with Crippen molar-refractivity contribution in [2.45, 2.75) is 19.9 Å². The fourth-order valence-corrected chi connectivity index (χ4v) is 2.85. The van der Waals surface area contributed by atoms with Crippen molar-refractivity contribution >= 4 is 17.0 Å². The largest absolute Gasteiger partial charge is 0.348 e. The summed E-state index contributed by atoms with van der Waals surface area (Å²) < 4.78 is 7.08. The van der Waals surface area contributed by atoms with Gasteiger partial charge in [0, 0.05) is 25.1 Å². The van der Waals surface area contributed by atoms with E-state index in [0.717, 1.165) is 28.8 Å². The molecule has 7 nitrogen and oxygen atoms in total. The van der Waals surface area contributed by atoms with Crippen LogP contribution in [-0.4, -0.2) is 25.6 Å². The molecule has 0 aliphatic carbocycles. The van der Waals surface area contributed by atoms with Crippen molar-refractivity contribution in [1.29, 1.82) is 0 Å². The van der Waals surface area contributed by atoms with Crippen molar-refractivity contribution in [2.24, 2.45) is 0 Å². The lowest BCUT2D eigenvalue weighted by molar-refractivity contribution is 0.0950. The third-order valence-corrected chi connectivity index (χ3v) is 4.22. The molecule has 0 radical (unpaired) electrons. The van der Waals surface area contributed by atoms with Crippen LogP contribution < -0.4 is 5.32 Å². The van der Waals surface area contributed by atoms with Crippen LogP contribution in [0.15, 0.2) is 59.8 Å². The van der Waals surface area contributed by atoms with E-state index in [4.69, 9.17) is 4.52 Å². The third kappa shape index (κ3) is 2.95. The molecule has 1 N–H and O–H groups in total. The number of nitrogens with one attached hydrogen (secondary N) is 1. The molecule has 0 saturated carbocycles. The summed E-state index contributed by atoms with van der Waals surface area (Å²) in [6, 6.07) is 9.64. The Bertz CT molecular complexity index is 1050. The summed E-state index contributed by atoms with van der Waals surface area (Å²) in [7, 11) is 0. The molecule has 1 amide bonds. The normalized spacial score (nSPS) is 11.0. The number of hydrogen-bond acceptors (Lipinski definition) is 5. The highest BCUT2D eigenvalue weighted by Gasteiger charge is 2.13. The molecule has 0 bridgehead atoms. The number of benzene rings is 1. The van der Waals surface area contributed by atoms with Crippen molar-refractivity contribution < 1.29 is 9.32 Å². The molecule has 0 saturated heterocycles. The lowest BCUT2D eigenvalue weighted by Gasteiger charge is -2.11. The van der Waals surface area contributed by atoms with E-state index in [-0.39, 0.29) is 5.91 Å². The highest BCUT2D eigenvalue weighted by atomic mass is 16.5. The predicted octanol–water partition coefficient (Wildman–Crippen LogP) is 2.90. The first kappa shape index (κ1) is 16.0. The molecular weight excluding hydrogens is 330 g/mol. The summed E-state index contributed by atoms with van der Waals surface area (Å²) in [5.74, 6) is -0.192. The van der Waals surface area contributed by atoms with Crippen LogP contribution in [0.2, 0.25) is 0 Å². The Hall–Kier alpha value is -3.48. The second kappa shape index (κ2) is 6.79. The van der Waals surface area contributed by atoms with E-state index in [1.54, 1.807) is 18.6 Å². The number of pyridine rings is 1. The van der Waals surface area contributed by atoms with Crippen LogP contribution in [0.25, 0.3) is 16.8 Å². The average Bonchev–Trinajstić information content (AvgIpc) is 3.35. The molecule has 0 atom stereocenters. The maximum Gasteiger partial charge on any atom is 0.257 e. The van der Waals surface area contributed by atoms with Gasteiger partial charge < -0.3 is 14.4 Å². The number of imidazole rings is 1. The molecule has 7 heteroatoms. The predicted molar refractivity (Wildman–Crippen MR) is 95.9 cm³/mol. The first-order chi connectivity index (χ1) is 12.8. The summed E-state index contributed by atoms with van der Waals surface area (Å²) in [6.07, 6.45) is 7.55. The van der Waals surface area contributed by atoms with Gasteiger partial charge in [0.05, 0.1) is 28.7 Å². The Balaban J connectivity index is 1.55. The fourth-order valence-electron chi connectivity index (χ4n) is 2.85. The third-order valence-electron chi connectivity index (χ3n) is 4.22. The topological polar surface area (TPSA) is 85.8 Å². The molecule has 3 aromatic heterocycles. The Morgan fingerprint density at radius 3 is 3.00 bits per heavy atom. The molecule has 3 heterocycles. The van der Waals surface area contributed by atoms with Gasteiger partial charge >= 0.3 is 0 Å². The number of fused-ring (bicyclic) bond motifs is 1. The van der Waals surface area contributed by atoms with E-state index in [1.165, 1.54) is 6.20 Å². The standard InChI is InChI=1S/C19H17N5O2/c1-2-16-15-9-14(11-22-19(15)26-23-16)18(25)21-10-13-5-3-4-6-17(13)24-8-7-20-12-24/h3-9,11-12H,2,10H2,1H3,(H,21,25). The van der Waals surface area contributed by atoms with Crippen LogP contribution >= 0.6 is 0 Å². The maximum absolute atomic E-state index is 12.6. The van der Waals surface area contributed by atoms with E-state index in [0.29, 0.717) is 17.8 Å². The summed E-state index contributed by atoms with van der Waals surface area (Å²) in [5, 5.41) is 7.70. The summed E-state index contributed by atoms with van der Waals surface area (Å²) >= 11 is 0. The first-order valence-corrected chi connectivity index (χ1v) is 8.35. The van der Waals surface area contributed by atoms with Crippen LogP contribution in [0.3, 0.4) is 0 Å². The molecule has 4 aromatic rings. The lowest BCUT2D eigenvalue weighted by atomic mass is 10.1. The van der Waals surface area contributed by atoms with Crippen LogP contribution in [-0.2, 0) is 13.0 Å². The zero-order chi connectivity index (χ0) is 17.9. The molecule has 0 aliphatic rings. The van der Waals surface area contributed by atoms with Gasteiger partial charge in [0.15, 0.2) is 0 Å². The molecule has 4 rings (SSSR count). The van der Waals surface area contributed by atoms with Gasteiger partial charge in [-0.2, -0.15) is 0 Å². The van der Waals surface area contributed by atoms with Gasteiger partial charge in [-0.1, -0.05) is 30.3 Å². The smallest absolute Gasteiger partial charge is 0.257 e. The van der Waals surface area contributed by atoms with Crippen molar-refractivity contribution in [1.82, 2.24) is 25.0 Å². The summed E-state index contributed by atoms with van der Waals surface area (Å²) in [4.78, 5) is 20.8. The molecule has 0 unspecified atom stereocenters. The van der Waals surface area contributed by atoms with Gasteiger partial charge in [-0.25, -0.2) is 9.97 Å². The van der Waals surface area contributed by atoms with Gasteiger partial charge in [0.2, 0.25) is 0 Å². The minimum absolute atomic E-state index is 0.192. The molecule has 0 aliphatic heterocycles. The number of carbonyl (C=O) groups excluding carboxylic acids is 1. The van der Waals surface area contributed by atoms with Crippen molar-refractivity contribution in [3.8, 4) is 5.69 Å². The number of aryl methyl sites for hydroxylation is 1. The van der Waals surface area contributed by atoms with Crippen LogP contribution in [0.1, 0.15) is 28.5 Å². The number of hydrogen-bond donors (Lipinski definition) is 1. The number of aromatic nitrogens is 4. The number of nitrogens with zero attached hydrogens (tertiary/aromatic N) is 4. The fraction of sp³-hybridized carbons (Fsp3) is 0.158. The van der Waals surface area contributed by atoms with E-state index in [9.17, 15) is 4.79 Å². The van der Waals surface area contributed by atoms with Gasteiger partial charge in [-0.15, -0.1) is 0 Å². The summed E-state index contributed by atoms with van der Waals surface area (Å²) in [5.41, 5.74) is 3.70. The highest BCUT2D eigenvalue weighted by Crippen LogP contribution is 2.18. The van der Waals surface area contributed by atoms with E-state index < -0.39 is 0 Å². The van der Waals surface area contributed by atoms with Gasteiger partial charge in [0.25, 0.3) is 11.6 Å². The Morgan fingerprint density at radius 2 is 2.19 bits per heavy atom. The molecule has 0 spiro atoms. The quantitative estimate of drug-likeness (QED) is 0.600. The van der Waals surface area contributed by atoms with E-state index in [2.05, 4.69) is 20.4 Å². The number of amides is 1. The monoisotopic (exact) mass is 347 g/mol. The minimum atomic E-state index is -0.192. The molecule has 26 heavy (non-hydrogen) atoms. The summed E-state index contributed by atoms with van der Waals surface area (Å²) in [6.45, 7) is 2.38. The van der Waals surface area contributed by atoms with E-state index in [1.807, 2.05) is 42.0 Å². The highest BCUT2D eigenvalue weighted by molar-refractivity contribution is 5.97. The molecule has 1 aromatic carbocycles. The zero-order valence-corrected chi connectivity index (χ0v) is 14.2. The van der Waals surface area contributed by atoms with Gasteiger partial charge in [-0.3, -0.25) is 4.79 Å². The Kier molecular flexibility index (Phi) is 4.18. The maximum atomic E-state index is 12.6. The SMILES string of the molecule is CCc1noc2ncc(C(=O)NCc3ccccc3-n3ccnc3)cc12. The van der Waals surface area contributed by atoms with Gasteiger partial charge in [-0.05, 0) is 24.1 Å². The zero-order valence-electron chi connectivity index (χ0n) is 14.2. The van der Waals surface area contributed by atoms with Gasteiger partial charge in [0.1, 0.15) is 0 Å². The second-order valence-corrected chi connectivity index (χ2v) is 5.84. The Morgan fingerprint density at radius 1 is 1.31 bits per heavy atom. The second-order valence-electron chi connectivity index (χ2n) is 5.84. The van der Waals surface area contributed by atoms with Crippen molar-refractivity contribution in [3.63, 3.8) is 0 Å². The van der Waals surface area contributed by atoms with E-state index >= 15 is 0 Å². The van der Waals surface area contributed by atoms with Crippen LogP contribution in [0.4, 0.5) is 0 Å². The minimum Gasteiger partial charge on any atom is -0.348 e. The van der Waals surface area contributed by atoms with Crippen molar-refractivity contribution in [2.75, 3.05) is 0 Å². The lowest BCUT2D eigenvalue weighted by Crippen LogP contribution is -2.23. The van der Waals surface area contributed by atoms with Crippen LogP contribution in [0, 0.1) is 0 Å². The number of carbonyl (C=O) groups is 1. The Labute approximate surface area is 149 Å². The van der Waals surface area contributed by atoms with Crippen molar-refractivity contribution in [3.05, 3.63) is 72.1 Å². The number of para-hydroxylation sites is 1. The number of rotatable bonds is 5. The molecular formula is C19H17N5O2. The van der Waals surface area contributed by atoms with Crippen LogP contribution in [0.5, 0.6) is 0 Å². The molecule has 0 fully saturated rings.